The number of benzene rings is 1. The van der Waals surface area contributed by atoms with Crippen LogP contribution < -0.4 is 4.74 Å². The van der Waals surface area contributed by atoms with Crippen molar-refractivity contribution in [2.75, 3.05) is 7.11 Å². The van der Waals surface area contributed by atoms with E-state index >= 15 is 0 Å². The minimum absolute atomic E-state index is 0.402. The van der Waals surface area contributed by atoms with Gasteiger partial charge in [0, 0.05) is 6.20 Å². The molecule has 0 atom stereocenters. The number of hydrogen-bond donors (Lipinski definition) is 0. The summed E-state index contributed by atoms with van der Waals surface area (Å²) in [4.78, 5) is 16.0. The highest BCUT2D eigenvalue weighted by Gasteiger charge is 2.26. The molecule has 0 amide bonds. The predicted octanol–water partition coefficient (Wildman–Crippen LogP) is 3.18. The molecule has 4 nitrogen and oxygen atoms in total. The lowest BCUT2D eigenvalue weighted by Gasteiger charge is -2.26. The van der Waals surface area contributed by atoms with Gasteiger partial charge in [0.05, 0.1) is 12.8 Å². The molecule has 1 heterocycles. The van der Waals surface area contributed by atoms with E-state index in [1.165, 1.54) is 7.11 Å². The molecule has 0 aliphatic rings. The fourth-order valence-corrected chi connectivity index (χ4v) is 1.88. The van der Waals surface area contributed by atoms with Gasteiger partial charge in [0.1, 0.15) is 16.9 Å². The number of ether oxygens (including phenoxy) is 2. The first-order valence-electron chi connectivity index (χ1n) is 6.32. The molecule has 20 heavy (non-hydrogen) atoms. The second-order valence-corrected chi connectivity index (χ2v) is 4.82. The Morgan fingerprint density at radius 2 is 1.80 bits per heavy atom. The molecule has 0 radical (unpaired) electrons. The SMILES string of the molecule is COC(=O)c1ccccc1OC(C)(C)c1ccccn1. The van der Waals surface area contributed by atoms with E-state index in [1.807, 2.05) is 38.1 Å². The van der Waals surface area contributed by atoms with Crippen LogP contribution in [0.15, 0.2) is 48.7 Å². The van der Waals surface area contributed by atoms with E-state index < -0.39 is 11.6 Å². The van der Waals surface area contributed by atoms with Crippen LogP contribution >= 0.6 is 0 Å². The van der Waals surface area contributed by atoms with E-state index in [-0.39, 0.29) is 0 Å². The summed E-state index contributed by atoms with van der Waals surface area (Å²) in [6.07, 6.45) is 1.71. The minimum atomic E-state index is -0.647. The number of hydrogen-bond acceptors (Lipinski definition) is 4. The predicted molar refractivity (Wildman–Crippen MR) is 75.7 cm³/mol. The molecule has 0 bridgehead atoms. The third kappa shape index (κ3) is 2.96. The molecule has 0 saturated heterocycles. The van der Waals surface area contributed by atoms with Crippen molar-refractivity contribution in [1.82, 2.24) is 4.98 Å². The van der Waals surface area contributed by atoms with Gasteiger partial charge in [0.15, 0.2) is 0 Å². The maximum absolute atomic E-state index is 11.7. The Bertz CT molecular complexity index is 594. The van der Waals surface area contributed by atoms with Gasteiger partial charge < -0.3 is 9.47 Å². The van der Waals surface area contributed by atoms with Crippen molar-refractivity contribution >= 4 is 5.97 Å². The summed E-state index contributed by atoms with van der Waals surface area (Å²) >= 11 is 0. The van der Waals surface area contributed by atoms with Crippen molar-refractivity contribution in [2.24, 2.45) is 0 Å². The average molecular weight is 271 g/mol. The Balaban J connectivity index is 2.32. The van der Waals surface area contributed by atoms with Gasteiger partial charge in [-0.15, -0.1) is 0 Å². The first kappa shape index (κ1) is 14.1. The van der Waals surface area contributed by atoms with Crippen LogP contribution in [0.5, 0.6) is 5.75 Å². The molecule has 0 unspecified atom stereocenters. The fraction of sp³-hybridized carbons (Fsp3) is 0.250. The maximum atomic E-state index is 11.7. The average Bonchev–Trinajstić information content (AvgIpc) is 2.47. The van der Waals surface area contributed by atoms with Gasteiger partial charge in [-0.25, -0.2) is 4.79 Å². The second-order valence-electron chi connectivity index (χ2n) is 4.82. The smallest absolute Gasteiger partial charge is 0.341 e. The molecule has 0 spiro atoms. The molecule has 2 rings (SSSR count). The first-order valence-corrected chi connectivity index (χ1v) is 6.32. The van der Waals surface area contributed by atoms with Crippen LogP contribution in [-0.4, -0.2) is 18.1 Å². The van der Waals surface area contributed by atoms with Crippen LogP contribution in [0.1, 0.15) is 29.9 Å². The Morgan fingerprint density at radius 3 is 2.45 bits per heavy atom. The first-order chi connectivity index (χ1) is 9.54. The maximum Gasteiger partial charge on any atom is 0.341 e. The van der Waals surface area contributed by atoms with E-state index in [2.05, 4.69) is 4.98 Å². The standard InChI is InChI=1S/C16H17NO3/c1-16(2,14-10-6-7-11-17-14)20-13-9-5-4-8-12(13)15(18)19-3/h4-11H,1-3H3. The van der Waals surface area contributed by atoms with E-state index in [9.17, 15) is 4.79 Å². The van der Waals surface area contributed by atoms with Crippen LogP contribution in [-0.2, 0) is 10.3 Å². The molecule has 0 fully saturated rings. The Hall–Kier alpha value is -2.36. The highest BCUT2D eigenvalue weighted by molar-refractivity contribution is 5.92. The molecule has 0 N–H and O–H groups in total. The number of carbonyl (C=O) groups is 1. The lowest BCUT2D eigenvalue weighted by molar-refractivity contribution is 0.0577. The summed E-state index contributed by atoms with van der Waals surface area (Å²) in [5.41, 5.74) is 0.546. The van der Waals surface area contributed by atoms with Gasteiger partial charge in [0.25, 0.3) is 0 Å². The normalized spacial score (nSPS) is 10.9. The fourth-order valence-electron chi connectivity index (χ4n) is 1.88. The number of carbonyl (C=O) groups excluding carboxylic acids is 1. The molecule has 4 heteroatoms. The van der Waals surface area contributed by atoms with E-state index in [0.717, 1.165) is 5.69 Å². The second kappa shape index (κ2) is 5.74. The summed E-state index contributed by atoms with van der Waals surface area (Å²) in [5, 5.41) is 0. The third-order valence-electron chi connectivity index (χ3n) is 2.94. The minimum Gasteiger partial charge on any atom is -0.481 e. The number of aromatic nitrogens is 1. The van der Waals surface area contributed by atoms with Gasteiger partial charge in [-0.05, 0) is 38.1 Å². The van der Waals surface area contributed by atoms with Crippen LogP contribution in [0.3, 0.4) is 0 Å². The summed E-state index contributed by atoms with van der Waals surface area (Å²) in [6.45, 7) is 3.81. The van der Waals surface area contributed by atoms with Crippen molar-refractivity contribution in [3.05, 3.63) is 59.9 Å². The van der Waals surface area contributed by atoms with Gasteiger partial charge in [-0.1, -0.05) is 18.2 Å². The summed E-state index contributed by atoms with van der Waals surface area (Å²) in [5.74, 6) is 0.0624. The van der Waals surface area contributed by atoms with Crippen LogP contribution in [0.2, 0.25) is 0 Å². The molecule has 0 aliphatic heterocycles. The Morgan fingerprint density at radius 1 is 1.10 bits per heavy atom. The molecule has 2 aromatic rings. The summed E-state index contributed by atoms with van der Waals surface area (Å²) in [7, 11) is 1.35. The van der Waals surface area contributed by atoms with Gasteiger partial charge in [-0.2, -0.15) is 0 Å². The number of methoxy groups -OCH3 is 1. The molecule has 104 valence electrons. The molecule has 1 aromatic carbocycles. The Labute approximate surface area is 118 Å². The van der Waals surface area contributed by atoms with Crippen molar-refractivity contribution in [1.29, 1.82) is 0 Å². The zero-order valence-electron chi connectivity index (χ0n) is 11.8. The highest BCUT2D eigenvalue weighted by atomic mass is 16.5. The third-order valence-corrected chi connectivity index (χ3v) is 2.94. The molecular formula is C16H17NO3. The van der Waals surface area contributed by atoms with E-state index in [4.69, 9.17) is 9.47 Å². The Kier molecular flexibility index (Phi) is 4.03. The van der Waals surface area contributed by atoms with Crippen LogP contribution in [0.4, 0.5) is 0 Å². The lowest BCUT2D eigenvalue weighted by atomic mass is 10.0. The summed E-state index contributed by atoms with van der Waals surface area (Å²) in [6, 6.07) is 12.7. The molecular weight excluding hydrogens is 254 g/mol. The van der Waals surface area contributed by atoms with Crippen molar-refractivity contribution in [2.45, 2.75) is 19.4 Å². The van der Waals surface area contributed by atoms with Crippen LogP contribution in [0.25, 0.3) is 0 Å². The summed E-state index contributed by atoms with van der Waals surface area (Å²) < 4.78 is 10.7. The molecule has 1 aromatic heterocycles. The van der Waals surface area contributed by atoms with Crippen LogP contribution in [0, 0.1) is 0 Å². The largest absolute Gasteiger partial charge is 0.481 e. The monoisotopic (exact) mass is 271 g/mol. The van der Waals surface area contributed by atoms with Crippen molar-refractivity contribution in [3.8, 4) is 5.75 Å². The zero-order chi connectivity index (χ0) is 14.6. The quantitative estimate of drug-likeness (QED) is 0.801. The van der Waals surface area contributed by atoms with E-state index in [0.29, 0.717) is 11.3 Å². The van der Waals surface area contributed by atoms with Crippen molar-refractivity contribution in [3.63, 3.8) is 0 Å². The molecule has 0 saturated carbocycles. The molecule has 0 aliphatic carbocycles. The number of nitrogens with zero attached hydrogens (tertiary/aromatic N) is 1. The van der Waals surface area contributed by atoms with Gasteiger partial charge in [0.2, 0.25) is 0 Å². The topological polar surface area (TPSA) is 48.4 Å². The van der Waals surface area contributed by atoms with Crippen molar-refractivity contribution < 1.29 is 14.3 Å². The van der Waals surface area contributed by atoms with Gasteiger partial charge >= 0.3 is 5.97 Å². The number of esters is 1. The zero-order valence-corrected chi connectivity index (χ0v) is 11.8. The number of pyridine rings is 1. The van der Waals surface area contributed by atoms with E-state index in [1.54, 1.807) is 24.4 Å². The highest BCUT2D eigenvalue weighted by Crippen LogP contribution is 2.29. The lowest BCUT2D eigenvalue weighted by Crippen LogP contribution is -2.27. The van der Waals surface area contributed by atoms with Gasteiger partial charge in [-0.3, -0.25) is 4.98 Å². The number of rotatable bonds is 4. The number of para-hydroxylation sites is 1.